The smallest absolute Gasteiger partial charge is 0.326 e. The van der Waals surface area contributed by atoms with Crippen molar-refractivity contribution >= 4 is 94.5 Å². The predicted molar refractivity (Wildman–Crippen MR) is 267 cm³/mol. The molecule has 0 aliphatic carbocycles. The zero-order valence-corrected chi connectivity index (χ0v) is 45.0. The van der Waals surface area contributed by atoms with Gasteiger partial charge in [0, 0.05) is 0 Å². The molecule has 0 aliphatic rings. The van der Waals surface area contributed by atoms with Crippen LogP contribution in [0, 0.1) is 0 Å². The lowest BCUT2D eigenvalue weighted by Crippen LogP contribution is -2.59. The van der Waals surface area contributed by atoms with E-state index in [1.54, 1.807) is 6.26 Å². The van der Waals surface area contributed by atoms with Crippen LogP contribution < -0.4 is 74.9 Å². The lowest BCUT2D eigenvalue weighted by Gasteiger charge is -2.24. The van der Waals surface area contributed by atoms with Crippen LogP contribution in [0.25, 0.3) is 0 Å². The molecular weight excluding hydrogens is 997 g/mol. The van der Waals surface area contributed by atoms with Crippen molar-refractivity contribution < 1.29 is 72.2 Å². The van der Waals surface area contributed by atoms with Crippen molar-refractivity contribution in [2.24, 2.45) is 5.73 Å². The van der Waals surface area contributed by atoms with Crippen LogP contribution in [0.3, 0.4) is 0 Å². The molecule has 0 fully saturated rings. The number of amides is 13. The van der Waals surface area contributed by atoms with Crippen molar-refractivity contribution in [1.29, 1.82) is 0 Å². The number of carboxylic acid groups (broad SMARTS) is 1. The lowest BCUT2D eigenvalue weighted by molar-refractivity contribution is -0.142. The molecule has 418 valence electrons. The molecule has 0 spiro atoms. The summed E-state index contributed by atoms with van der Waals surface area (Å²) in [6.07, 6.45) is 1.94. The zero-order valence-electron chi connectivity index (χ0n) is 44.1. The highest BCUT2D eigenvalue weighted by molar-refractivity contribution is 7.98. The molecule has 0 aliphatic heterocycles. The Morgan fingerprint density at radius 2 is 0.459 bits per heavy atom. The van der Waals surface area contributed by atoms with E-state index in [-0.39, 0.29) is 6.42 Å². The van der Waals surface area contributed by atoms with E-state index in [0.29, 0.717) is 5.75 Å². The number of rotatable bonds is 30. The Morgan fingerprint density at radius 1 is 0.311 bits per heavy atom. The van der Waals surface area contributed by atoms with E-state index in [1.165, 1.54) is 102 Å². The largest absolute Gasteiger partial charge is 0.480 e. The van der Waals surface area contributed by atoms with Gasteiger partial charge in [-0.15, -0.1) is 0 Å². The van der Waals surface area contributed by atoms with Crippen LogP contribution in [0.4, 0.5) is 0 Å². The zero-order chi connectivity index (χ0) is 57.5. The Labute approximate surface area is 433 Å². The Balaban J connectivity index is 4.97. The fraction of sp³-hybridized carbons (Fsp3) is 0.682. The topological polar surface area (TPSA) is 442 Å². The summed E-state index contributed by atoms with van der Waals surface area (Å²) in [5, 5.41) is 40.3. The van der Waals surface area contributed by atoms with Crippen LogP contribution in [0.2, 0.25) is 0 Å². The molecule has 30 heteroatoms. The minimum absolute atomic E-state index is 0.162. The maximum atomic E-state index is 12.9. The Hall–Kier alpha value is -7.11. The first kappa shape index (κ1) is 66.9. The number of nitrogens with one attached hydrogen (secondary N) is 13. The fourth-order valence-corrected chi connectivity index (χ4v) is 6.11. The van der Waals surface area contributed by atoms with E-state index >= 15 is 0 Å². The molecule has 0 bridgehead atoms. The van der Waals surface area contributed by atoms with E-state index in [4.69, 9.17) is 5.73 Å². The van der Waals surface area contributed by atoms with Gasteiger partial charge in [-0.2, -0.15) is 11.8 Å². The monoisotopic (exact) mass is 1070 g/mol. The summed E-state index contributed by atoms with van der Waals surface area (Å²) in [6, 6.07) is -16.3. The summed E-state index contributed by atoms with van der Waals surface area (Å²) in [5.74, 6) is -10.8. The Kier molecular flexibility index (Phi) is 29.1. The maximum Gasteiger partial charge on any atom is 0.326 e. The van der Waals surface area contributed by atoms with E-state index < -0.39 is 167 Å². The Morgan fingerprint density at radius 3 is 0.595 bits per heavy atom. The first-order chi connectivity index (χ1) is 34.1. The minimum Gasteiger partial charge on any atom is -0.480 e. The number of carboxylic acids is 1. The number of thioether (sulfide) groups is 1. The third kappa shape index (κ3) is 24.1. The van der Waals surface area contributed by atoms with Crippen molar-refractivity contribution in [2.45, 2.75) is 181 Å². The van der Waals surface area contributed by atoms with Gasteiger partial charge in [0.25, 0.3) is 0 Å². The van der Waals surface area contributed by atoms with Crippen LogP contribution in [0.15, 0.2) is 0 Å². The highest BCUT2D eigenvalue weighted by Crippen LogP contribution is 2.03. The number of hydrogen-bond donors (Lipinski definition) is 15. The first-order valence-corrected chi connectivity index (χ1v) is 25.0. The van der Waals surface area contributed by atoms with Crippen LogP contribution in [-0.2, 0) is 67.1 Å². The molecule has 0 aromatic carbocycles. The van der Waals surface area contributed by atoms with Gasteiger partial charge in [0.1, 0.15) is 78.5 Å². The van der Waals surface area contributed by atoms with E-state index in [1.807, 2.05) is 0 Å². The second-order valence-corrected chi connectivity index (χ2v) is 18.7. The molecule has 29 nitrogen and oxygen atoms in total. The molecule has 0 rings (SSSR count). The Bertz CT molecular complexity index is 2080. The quantitative estimate of drug-likeness (QED) is 0.0318. The van der Waals surface area contributed by atoms with Gasteiger partial charge in [-0.05, 0) is 108 Å². The summed E-state index contributed by atoms with van der Waals surface area (Å²) < 4.78 is 0. The van der Waals surface area contributed by atoms with Gasteiger partial charge in [-0.3, -0.25) is 62.3 Å². The van der Waals surface area contributed by atoms with Crippen LogP contribution in [-0.4, -0.2) is 184 Å². The molecule has 0 radical (unpaired) electrons. The van der Waals surface area contributed by atoms with Crippen molar-refractivity contribution in [1.82, 2.24) is 69.1 Å². The summed E-state index contributed by atoms with van der Waals surface area (Å²) in [4.78, 5) is 176. The third-order valence-corrected chi connectivity index (χ3v) is 11.3. The van der Waals surface area contributed by atoms with Gasteiger partial charge >= 0.3 is 5.97 Å². The number of aliphatic carboxylic acids is 1. The van der Waals surface area contributed by atoms with Gasteiger partial charge in [0.15, 0.2) is 0 Å². The normalized spacial score (nSPS) is 16.5. The van der Waals surface area contributed by atoms with Crippen LogP contribution >= 0.6 is 11.8 Å². The van der Waals surface area contributed by atoms with Gasteiger partial charge in [-0.25, -0.2) is 4.79 Å². The van der Waals surface area contributed by atoms with Crippen molar-refractivity contribution in [3.05, 3.63) is 0 Å². The molecule has 0 heterocycles. The molecule has 74 heavy (non-hydrogen) atoms. The minimum atomic E-state index is -1.25. The number of carbonyl (C=O) groups is 14. The highest BCUT2D eigenvalue weighted by atomic mass is 32.2. The molecule has 0 aromatic rings. The van der Waals surface area contributed by atoms with Crippen molar-refractivity contribution in [3.8, 4) is 0 Å². The summed E-state index contributed by atoms with van der Waals surface area (Å²) in [6.45, 7) is 17.2. The van der Waals surface area contributed by atoms with Gasteiger partial charge in [0.2, 0.25) is 76.8 Å². The lowest BCUT2D eigenvalue weighted by atomic mass is 10.2. The molecular formula is C44H76N14O15S. The van der Waals surface area contributed by atoms with Crippen molar-refractivity contribution in [2.75, 3.05) is 12.0 Å². The van der Waals surface area contributed by atoms with Crippen molar-refractivity contribution in [3.63, 3.8) is 0 Å². The van der Waals surface area contributed by atoms with E-state index in [2.05, 4.69) is 69.1 Å². The van der Waals surface area contributed by atoms with E-state index in [0.717, 1.165) is 0 Å². The third-order valence-electron chi connectivity index (χ3n) is 10.7. The average molecular weight is 1070 g/mol. The molecule has 0 saturated carbocycles. The highest BCUT2D eigenvalue weighted by Gasteiger charge is 2.31. The number of hydrogen-bond acceptors (Lipinski definition) is 16. The van der Waals surface area contributed by atoms with Crippen LogP contribution in [0.1, 0.15) is 96.4 Å². The second kappa shape index (κ2) is 32.2. The summed E-state index contributed by atoms with van der Waals surface area (Å²) >= 11 is 1.40. The predicted octanol–water partition coefficient (Wildman–Crippen LogP) is -6.29. The van der Waals surface area contributed by atoms with E-state index in [9.17, 15) is 72.2 Å². The summed E-state index contributed by atoms with van der Waals surface area (Å²) in [7, 11) is 0. The second-order valence-electron chi connectivity index (χ2n) is 17.7. The molecule has 0 unspecified atom stereocenters. The molecule has 0 saturated heterocycles. The number of carbonyl (C=O) groups excluding carboxylic acids is 13. The van der Waals surface area contributed by atoms with Gasteiger partial charge < -0.3 is 80.0 Å². The first-order valence-electron chi connectivity index (χ1n) is 23.6. The maximum absolute atomic E-state index is 12.9. The fourth-order valence-electron chi connectivity index (χ4n) is 5.64. The van der Waals surface area contributed by atoms with Crippen LogP contribution in [0.5, 0.6) is 0 Å². The molecule has 16 N–H and O–H groups in total. The molecule has 14 atom stereocenters. The summed E-state index contributed by atoms with van der Waals surface area (Å²) in [5.41, 5.74) is 5.48. The standard InChI is InChI=1S/C44H76N14O15S/c1-17(45)31(59)46-18(2)32(60)47-19(3)33(61)48-20(4)34(62)49-21(5)35(63)50-22(6)36(64)51-23(7)37(65)52-24(8)38(66)53-25(9)39(67)54-26(10)40(68)55-27(11)41(69)56-28(12)42(70)57-29(13)43(71)58-30(44(72)73)15-16-74-14/h17-30H,15-16,45H2,1-14H3,(H,46,59)(H,47,60)(H,48,61)(H,49,62)(H,50,63)(H,51,64)(H,52,65)(H,53,66)(H,54,67)(H,55,68)(H,56,69)(H,57,70)(H,58,71)(H,72,73)/t17-,18-,19-,20-,21-,22-,23-,24-,25-,26-,27-,28-,29-,30-/m0/s1. The SMILES string of the molecule is CSCC[C@H](NC(=O)[C@H](C)NC(=O)[C@H](C)NC(=O)[C@H](C)NC(=O)[C@H](C)NC(=O)[C@H](C)NC(=O)[C@H](C)NC(=O)[C@H](C)NC(=O)[C@H](C)NC(=O)[C@H](C)NC(=O)[C@H](C)NC(=O)[C@H](C)NC(=O)[C@H](C)NC(=O)[C@H](C)N)C(=O)O. The average Bonchev–Trinajstić information content (AvgIpc) is 3.31. The van der Waals surface area contributed by atoms with Gasteiger partial charge in [0.05, 0.1) is 6.04 Å². The molecule has 13 amide bonds. The number of nitrogens with two attached hydrogens (primary N) is 1. The molecule has 0 aromatic heterocycles. The van der Waals surface area contributed by atoms with Gasteiger partial charge in [-0.1, -0.05) is 0 Å².